The minimum Gasteiger partial charge on any atom is -0.349 e. The average Bonchev–Trinajstić information content (AvgIpc) is 2.56. The van der Waals surface area contributed by atoms with Crippen LogP contribution in [0.4, 0.5) is 0 Å². The monoisotopic (exact) mass is 304 g/mol. The van der Waals surface area contributed by atoms with E-state index in [9.17, 15) is 9.59 Å². The topological polar surface area (TPSA) is 52.6 Å². The number of rotatable bonds is 7. The Morgan fingerprint density at radius 1 is 1.18 bits per heavy atom. The van der Waals surface area contributed by atoms with E-state index in [2.05, 4.69) is 12.1 Å². The van der Waals surface area contributed by atoms with Crippen LogP contribution in [-0.4, -0.2) is 32.1 Å². The molecule has 2 rings (SSSR count). The molecular weight excluding hydrogens is 280 g/mol. The Morgan fingerprint density at radius 2 is 1.86 bits per heavy atom. The first-order valence-corrected chi connectivity index (χ1v) is 7.84. The van der Waals surface area contributed by atoms with Crippen LogP contribution in [0.5, 0.6) is 0 Å². The number of benzene rings is 1. The number of methoxy groups -OCH3 is 2. The molecule has 0 unspecified atom stereocenters. The maximum absolute atomic E-state index is 12.6. The molecule has 1 aromatic carbocycles. The van der Waals surface area contributed by atoms with Gasteiger partial charge in [0.1, 0.15) is 5.78 Å². The van der Waals surface area contributed by atoms with E-state index in [1.165, 1.54) is 19.8 Å². The van der Waals surface area contributed by atoms with E-state index in [1.807, 2.05) is 18.2 Å². The number of ether oxygens (including phenoxy) is 2. The van der Waals surface area contributed by atoms with Gasteiger partial charge in [-0.2, -0.15) is 0 Å². The fourth-order valence-electron chi connectivity index (χ4n) is 3.18. The van der Waals surface area contributed by atoms with Gasteiger partial charge in [-0.3, -0.25) is 9.59 Å². The molecule has 0 heterocycles. The van der Waals surface area contributed by atoms with Gasteiger partial charge in [0.15, 0.2) is 5.78 Å². The summed E-state index contributed by atoms with van der Waals surface area (Å²) in [7, 11) is 2.85. The van der Waals surface area contributed by atoms with Crippen LogP contribution in [0.2, 0.25) is 0 Å². The fourth-order valence-corrected chi connectivity index (χ4v) is 3.18. The summed E-state index contributed by atoms with van der Waals surface area (Å²) >= 11 is 0. The summed E-state index contributed by atoms with van der Waals surface area (Å²) in [6, 6.07) is 10.1. The van der Waals surface area contributed by atoms with Gasteiger partial charge in [-0.1, -0.05) is 36.8 Å². The number of aryl methyl sites for hydroxylation is 1. The summed E-state index contributed by atoms with van der Waals surface area (Å²) in [4.78, 5) is 24.9. The second-order valence-corrected chi connectivity index (χ2v) is 5.81. The number of ketones is 2. The zero-order valence-electron chi connectivity index (χ0n) is 13.3. The van der Waals surface area contributed by atoms with Gasteiger partial charge in [-0.25, -0.2) is 0 Å². The van der Waals surface area contributed by atoms with Gasteiger partial charge in [0.2, 0.25) is 6.29 Å². The predicted molar refractivity (Wildman–Crippen MR) is 83.4 cm³/mol. The van der Waals surface area contributed by atoms with Crippen LogP contribution in [0.1, 0.15) is 31.2 Å². The summed E-state index contributed by atoms with van der Waals surface area (Å²) in [5.41, 5.74) is 1.23. The standard InChI is InChI=1S/C18H24O4/c1-21-18(22-2)17(20)15-10-6-9-14(16(15)19)12-11-13-7-4-3-5-8-13/h3-5,7-8,14-15,18H,6,9-12H2,1-2H3/t14-,15-/m1/s1. The van der Waals surface area contributed by atoms with Crippen molar-refractivity contribution in [1.29, 1.82) is 0 Å². The molecule has 0 radical (unpaired) electrons. The molecule has 0 bridgehead atoms. The summed E-state index contributed by atoms with van der Waals surface area (Å²) < 4.78 is 10.0. The smallest absolute Gasteiger partial charge is 0.218 e. The minimum atomic E-state index is -0.929. The highest BCUT2D eigenvalue weighted by molar-refractivity contribution is 6.05. The highest BCUT2D eigenvalue weighted by atomic mass is 16.7. The number of hydrogen-bond donors (Lipinski definition) is 0. The second-order valence-electron chi connectivity index (χ2n) is 5.81. The lowest BCUT2D eigenvalue weighted by molar-refractivity contribution is -0.164. The molecule has 0 N–H and O–H groups in total. The van der Waals surface area contributed by atoms with Crippen LogP contribution < -0.4 is 0 Å². The normalized spacial score (nSPS) is 22.0. The van der Waals surface area contributed by atoms with Gasteiger partial charge >= 0.3 is 0 Å². The van der Waals surface area contributed by atoms with Crippen molar-refractivity contribution >= 4 is 11.6 Å². The molecule has 1 aliphatic carbocycles. The van der Waals surface area contributed by atoms with Crippen LogP contribution in [-0.2, 0) is 25.5 Å². The van der Waals surface area contributed by atoms with Gasteiger partial charge in [-0.05, 0) is 31.2 Å². The van der Waals surface area contributed by atoms with E-state index >= 15 is 0 Å². The van der Waals surface area contributed by atoms with E-state index in [1.54, 1.807) is 0 Å². The number of carbonyl (C=O) groups excluding carboxylic acids is 2. The Hall–Kier alpha value is -1.52. The maximum Gasteiger partial charge on any atom is 0.218 e. The first kappa shape index (κ1) is 16.8. The number of hydrogen-bond acceptors (Lipinski definition) is 4. The highest BCUT2D eigenvalue weighted by Crippen LogP contribution is 2.30. The minimum absolute atomic E-state index is 0.0303. The Morgan fingerprint density at radius 3 is 2.50 bits per heavy atom. The lowest BCUT2D eigenvalue weighted by Crippen LogP contribution is -2.40. The van der Waals surface area contributed by atoms with Crippen molar-refractivity contribution in [1.82, 2.24) is 0 Å². The molecule has 1 aromatic rings. The molecule has 0 aromatic heterocycles. The van der Waals surface area contributed by atoms with Gasteiger partial charge in [0.25, 0.3) is 0 Å². The predicted octanol–water partition coefficient (Wildman–Crippen LogP) is 2.79. The molecule has 4 nitrogen and oxygen atoms in total. The molecule has 22 heavy (non-hydrogen) atoms. The second kappa shape index (κ2) is 8.20. The van der Waals surface area contributed by atoms with E-state index in [4.69, 9.17) is 9.47 Å². The average molecular weight is 304 g/mol. The molecule has 1 saturated carbocycles. The van der Waals surface area contributed by atoms with Crippen molar-refractivity contribution in [2.75, 3.05) is 14.2 Å². The van der Waals surface area contributed by atoms with E-state index < -0.39 is 12.2 Å². The van der Waals surface area contributed by atoms with Crippen molar-refractivity contribution in [3.05, 3.63) is 35.9 Å². The molecule has 0 aliphatic heterocycles. The maximum atomic E-state index is 12.6. The van der Waals surface area contributed by atoms with Crippen molar-refractivity contribution < 1.29 is 19.1 Å². The van der Waals surface area contributed by atoms with Crippen LogP contribution in [0.25, 0.3) is 0 Å². The van der Waals surface area contributed by atoms with Gasteiger partial charge in [-0.15, -0.1) is 0 Å². The van der Waals surface area contributed by atoms with E-state index in [0.717, 1.165) is 25.7 Å². The third-order valence-corrected chi connectivity index (χ3v) is 4.42. The Labute approximate surface area is 131 Å². The summed E-state index contributed by atoms with van der Waals surface area (Å²) in [5.74, 6) is -0.776. The first-order valence-electron chi connectivity index (χ1n) is 7.84. The van der Waals surface area contributed by atoms with Crippen molar-refractivity contribution in [2.45, 2.75) is 38.4 Å². The van der Waals surface area contributed by atoms with Crippen LogP contribution >= 0.6 is 0 Å². The zero-order valence-corrected chi connectivity index (χ0v) is 13.3. The number of carbonyl (C=O) groups is 2. The summed E-state index contributed by atoms with van der Waals surface area (Å²) in [5, 5.41) is 0. The van der Waals surface area contributed by atoms with Gasteiger partial charge in [0.05, 0.1) is 5.92 Å². The molecule has 4 heteroatoms. The Bertz CT molecular complexity index is 493. The van der Waals surface area contributed by atoms with Crippen molar-refractivity contribution in [3.63, 3.8) is 0 Å². The Balaban J connectivity index is 1.96. The van der Waals surface area contributed by atoms with Crippen LogP contribution in [0.3, 0.4) is 0 Å². The van der Waals surface area contributed by atoms with Crippen LogP contribution in [0, 0.1) is 11.8 Å². The third-order valence-electron chi connectivity index (χ3n) is 4.42. The molecule has 2 atom stereocenters. The van der Waals surface area contributed by atoms with Gasteiger partial charge < -0.3 is 9.47 Å². The highest BCUT2D eigenvalue weighted by Gasteiger charge is 2.38. The van der Waals surface area contributed by atoms with Crippen molar-refractivity contribution in [3.8, 4) is 0 Å². The molecule has 0 amide bonds. The van der Waals surface area contributed by atoms with E-state index in [-0.39, 0.29) is 17.5 Å². The molecule has 0 spiro atoms. The quantitative estimate of drug-likeness (QED) is 0.574. The third kappa shape index (κ3) is 4.02. The van der Waals surface area contributed by atoms with Gasteiger partial charge in [0, 0.05) is 20.1 Å². The number of Topliss-reactive ketones (excluding diaryl/α,β-unsaturated/α-hetero) is 2. The molecule has 1 fully saturated rings. The zero-order chi connectivity index (χ0) is 15.9. The Kier molecular flexibility index (Phi) is 6.28. The summed E-state index contributed by atoms with van der Waals surface area (Å²) in [6.07, 6.45) is 3.14. The molecule has 0 saturated heterocycles. The lowest BCUT2D eigenvalue weighted by Gasteiger charge is -2.28. The van der Waals surface area contributed by atoms with Crippen molar-refractivity contribution in [2.24, 2.45) is 11.8 Å². The largest absolute Gasteiger partial charge is 0.349 e. The SMILES string of the molecule is COC(OC)C(=O)[C@@H]1CCC[C@H](CCc2ccccc2)C1=O. The van der Waals surface area contributed by atoms with Crippen LogP contribution in [0.15, 0.2) is 30.3 Å². The molecular formula is C18H24O4. The summed E-state index contributed by atoms with van der Waals surface area (Å²) in [6.45, 7) is 0. The molecule has 120 valence electrons. The molecule has 1 aliphatic rings. The first-order chi connectivity index (χ1) is 10.7. The fraction of sp³-hybridized carbons (Fsp3) is 0.556. The van der Waals surface area contributed by atoms with E-state index in [0.29, 0.717) is 6.42 Å². The lowest BCUT2D eigenvalue weighted by atomic mass is 9.76.